The molecular formula is C15H18N2. The molecule has 0 saturated heterocycles. The average molecular weight is 226 g/mol. The fourth-order valence-electron chi connectivity index (χ4n) is 2.27. The lowest BCUT2D eigenvalue weighted by molar-refractivity contribution is 0.630. The molecule has 88 valence electrons. The van der Waals surface area contributed by atoms with Gasteiger partial charge in [0, 0.05) is 0 Å². The Labute approximate surface area is 102 Å². The van der Waals surface area contributed by atoms with E-state index in [0.29, 0.717) is 0 Å². The zero-order valence-corrected chi connectivity index (χ0v) is 10.3. The molecule has 0 radical (unpaired) electrons. The highest BCUT2D eigenvalue weighted by Crippen LogP contribution is 2.26. The third kappa shape index (κ3) is 2.38. The number of benzene rings is 2. The van der Waals surface area contributed by atoms with Crippen LogP contribution in [-0.2, 0) is 0 Å². The van der Waals surface area contributed by atoms with E-state index in [2.05, 4.69) is 49.6 Å². The van der Waals surface area contributed by atoms with Gasteiger partial charge in [0.05, 0.1) is 6.04 Å². The largest absolute Gasteiger partial charge is 0.271 e. The van der Waals surface area contributed by atoms with E-state index in [1.54, 1.807) is 0 Å². The van der Waals surface area contributed by atoms with E-state index < -0.39 is 0 Å². The summed E-state index contributed by atoms with van der Waals surface area (Å²) in [7, 11) is 0. The first-order valence-electron chi connectivity index (χ1n) is 5.81. The quantitative estimate of drug-likeness (QED) is 0.624. The maximum Gasteiger partial charge on any atom is 0.0715 e. The number of hydrogen-bond acceptors (Lipinski definition) is 2. The predicted molar refractivity (Wildman–Crippen MR) is 71.5 cm³/mol. The maximum atomic E-state index is 5.72. The molecule has 0 aromatic heterocycles. The van der Waals surface area contributed by atoms with Crippen molar-refractivity contribution in [2.24, 2.45) is 5.84 Å². The molecule has 0 aliphatic heterocycles. The van der Waals surface area contributed by atoms with Gasteiger partial charge in [-0.15, -0.1) is 0 Å². The fourth-order valence-corrected chi connectivity index (χ4v) is 2.27. The summed E-state index contributed by atoms with van der Waals surface area (Å²) >= 11 is 0. The second-order valence-corrected chi connectivity index (χ2v) is 4.32. The minimum atomic E-state index is 0.0531. The molecule has 2 aromatic carbocycles. The lowest BCUT2D eigenvalue weighted by atomic mass is 9.92. The molecule has 0 heterocycles. The van der Waals surface area contributed by atoms with E-state index in [4.69, 9.17) is 5.84 Å². The molecular weight excluding hydrogens is 208 g/mol. The number of nitrogens with two attached hydrogens (primary N) is 1. The van der Waals surface area contributed by atoms with Crippen molar-refractivity contribution in [3.63, 3.8) is 0 Å². The van der Waals surface area contributed by atoms with Crippen LogP contribution in [0.2, 0.25) is 0 Å². The third-order valence-corrected chi connectivity index (χ3v) is 3.13. The van der Waals surface area contributed by atoms with Crippen LogP contribution in [0.5, 0.6) is 0 Å². The van der Waals surface area contributed by atoms with Gasteiger partial charge in [0.2, 0.25) is 0 Å². The summed E-state index contributed by atoms with van der Waals surface area (Å²) in [5, 5.41) is 0. The van der Waals surface area contributed by atoms with Gasteiger partial charge in [0.25, 0.3) is 0 Å². The van der Waals surface area contributed by atoms with Crippen molar-refractivity contribution in [2.45, 2.75) is 19.9 Å². The van der Waals surface area contributed by atoms with Gasteiger partial charge in [-0.3, -0.25) is 5.84 Å². The van der Waals surface area contributed by atoms with Gasteiger partial charge in [0.15, 0.2) is 0 Å². The Bertz CT molecular complexity index is 471. The summed E-state index contributed by atoms with van der Waals surface area (Å²) in [4.78, 5) is 0. The monoisotopic (exact) mass is 226 g/mol. The maximum absolute atomic E-state index is 5.72. The van der Waals surface area contributed by atoms with E-state index in [-0.39, 0.29) is 6.04 Å². The van der Waals surface area contributed by atoms with Crippen molar-refractivity contribution in [3.8, 4) is 0 Å². The van der Waals surface area contributed by atoms with Gasteiger partial charge in [-0.05, 0) is 36.1 Å². The van der Waals surface area contributed by atoms with Crippen molar-refractivity contribution in [3.05, 3.63) is 70.8 Å². The normalized spacial score (nSPS) is 12.4. The van der Waals surface area contributed by atoms with E-state index >= 15 is 0 Å². The highest BCUT2D eigenvalue weighted by Gasteiger charge is 2.15. The Morgan fingerprint density at radius 2 is 1.47 bits per heavy atom. The Morgan fingerprint density at radius 3 is 2.00 bits per heavy atom. The van der Waals surface area contributed by atoms with Crippen LogP contribution >= 0.6 is 0 Å². The van der Waals surface area contributed by atoms with Crippen LogP contribution in [0.25, 0.3) is 0 Å². The Hall–Kier alpha value is -1.64. The van der Waals surface area contributed by atoms with Crippen LogP contribution in [0.3, 0.4) is 0 Å². The van der Waals surface area contributed by atoms with Gasteiger partial charge in [-0.2, -0.15) is 0 Å². The number of rotatable bonds is 3. The van der Waals surface area contributed by atoms with Gasteiger partial charge in [0.1, 0.15) is 0 Å². The first kappa shape index (κ1) is 11.8. The molecule has 0 amide bonds. The molecule has 0 bridgehead atoms. The molecule has 1 unspecified atom stereocenters. The Balaban J connectivity index is 2.50. The minimum Gasteiger partial charge on any atom is -0.271 e. The van der Waals surface area contributed by atoms with E-state index in [1.807, 2.05) is 18.2 Å². The highest BCUT2D eigenvalue weighted by atomic mass is 15.2. The summed E-state index contributed by atoms with van der Waals surface area (Å²) in [6.07, 6.45) is 0. The Kier molecular flexibility index (Phi) is 3.57. The summed E-state index contributed by atoms with van der Waals surface area (Å²) in [6.45, 7) is 4.24. The molecule has 0 aliphatic rings. The average Bonchev–Trinajstić information content (AvgIpc) is 2.35. The van der Waals surface area contributed by atoms with E-state index in [0.717, 1.165) is 0 Å². The van der Waals surface area contributed by atoms with Crippen LogP contribution in [0.4, 0.5) is 0 Å². The Morgan fingerprint density at radius 1 is 0.882 bits per heavy atom. The van der Waals surface area contributed by atoms with Gasteiger partial charge in [-0.1, -0.05) is 48.5 Å². The first-order chi connectivity index (χ1) is 8.24. The molecule has 2 heteroatoms. The van der Waals surface area contributed by atoms with Crippen molar-refractivity contribution in [1.29, 1.82) is 0 Å². The van der Waals surface area contributed by atoms with E-state index in [1.165, 1.54) is 22.3 Å². The summed E-state index contributed by atoms with van der Waals surface area (Å²) in [6, 6.07) is 16.6. The number of hydrogen-bond donors (Lipinski definition) is 2. The standard InChI is InChI=1S/C15H18N2/c1-11-7-6-8-12(2)14(11)15(17-16)13-9-4-3-5-10-13/h3-10,15,17H,16H2,1-2H3. The minimum absolute atomic E-state index is 0.0531. The zero-order chi connectivity index (χ0) is 12.3. The van der Waals surface area contributed by atoms with Crippen LogP contribution in [0, 0.1) is 13.8 Å². The first-order valence-corrected chi connectivity index (χ1v) is 5.81. The summed E-state index contributed by atoms with van der Waals surface area (Å²) in [5.41, 5.74) is 7.89. The predicted octanol–water partition coefficient (Wildman–Crippen LogP) is 2.86. The van der Waals surface area contributed by atoms with Crippen molar-refractivity contribution < 1.29 is 0 Å². The SMILES string of the molecule is Cc1cccc(C)c1C(NN)c1ccccc1. The molecule has 2 nitrogen and oxygen atoms in total. The van der Waals surface area contributed by atoms with Crippen molar-refractivity contribution in [2.75, 3.05) is 0 Å². The van der Waals surface area contributed by atoms with Crippen molar-refractivity contribution in [1.82, 2.24) is 5.43 Å². The molecule has 2 aromatic rings. The van der Waals surface area contributed by atoms with Gasteiger partial charge >= 0.3 is 0 Å². The lowest BCUT2D eigenvalue weighted by Crippen LogP contribution is -2.29. The second-order valence-electron chi connectivity index (χ2n) is 4.32. The topological polar surface area (TPSA) is 38.0 Å². The number of aryl methyl sites for hydroxylation is 2. The highest BCUT2D eigenvalue weighted by molar-refractivity contribution is 5.41. The summed E-state index contributed by atoms with van der Waals surface area (Å²) < 4.78 is 0. The fraction of sp³-hybridized carbons (Fsp3) is 0.200. The molecule has 1 atom stereocenters. The molecule has 3 N–H and O–H groups in total. The van der Waals surface area contributed by atoms with E-state index in [9.17, 15) is 0 Å². The van der Waals surface area contributed by atoms with Crippen LogP contribution < -0.4 is 11.3 Å². The molecule has 0 fully saturated rings. The smallest absolute Gasteiger partial charge is 0.0715 e. The number of hydrazine groups is 1. The van der Waals surface area contributed by atoms with Gasteiger partial charge in [-0.25, -0.2) is 5.43 Å². The molecule has 17 heavy (non-hydrogen) atoms. The number of nitrogens with one attached hydrogen (secondary N) is 1. The molecule has 0 aliphatic carbocycles. The lowest BCUT2D eigenvalue weighted by Gasteiger charge is -2.21. The second kappa shape index (κ2) is 5.13. The van der Waals surface area contributed by atoms with Crippen LogP contribution in [-0.4, -0.2) is 0 Å². The molecule has 0 saturated carbocycles. The van der Waals surface area contributed by atoms with Gasteiger partial charge < -0.3 is 0 Å². The zero-order valence-electron chi connectivity index (χ0n) is 10.3. The molecule has 2 rings (SSSR count). The molecule has 0 spiro atoms. The summed E-state index contributed by atoms with van der Waals surface area (Å²) in [5.74, 6) is 5.72. The van der Waals surface area contributed by atoms with Crippen LogP contribution in [0.15, 0.2) is 48.5 Å². The van der Waals surface area contributed by atoms with Crippen molar-refractivity contribution >= 4 is 0 Å². The third-order valence-electron chi connectivity index (χ3n) is 3.13. The van der Waals surface area contributed by atoms with Crippen LogP contribution in [0.1, 0.15) is 28.3 Å².